The van der Waals surface area contributed by atoms with E-state index in [4.69, 9.17) is 5.73 Å². The van der Waals surface area contributed by atoms with Gasteiger partial charge in [-0.3, -0.25) is 4.99 Å². The van der Waals surface area contributed by atoms with E-state index in [1.807, 2.05) is 0 Å². The molecule has 0 aromatic carbocycles. The van der Waals surface area contributed by atoms with Crippen molar-refractivity contribution in [1.82, 2.24) is 5.32 Å². The number of nitrogens with two attached hydrogens (primary N) is 1. The maximum atomic E-state index is 5.33. The summed E-state index contributed by atoms with van der Waals surface area (Å²) in [4.78, 5) is 7.71. The van der Waals surface area contributed by atoms with E-state index in [0.717, 1.165) is 0 Å². The lowest BCUT2D eigenvalue weighted by Crippen LogP contribution is -2.22. The second-order valence-corrected chi connectivity index (χ2v) is 2.04. The van der Waals surface area contributed by atoms with Crippen LogP contribution < -0.4 is 11.1 Å². The Labute approximate surface area is 78.3 Å². The minimum Gasteiger partial charge on any atom is -0.403 e. The molecule has 0 fully saturated rings. The molecule has 4 heteroatoms. The molecule has 4 nitrogen and oxygen atoms in total. The van der Waals surface area contributed by atoms with E-state index >= 15 is 0 Å². The number of aliphatic imine (C=N–C) groups is 2. The van der Waals surface area contributed by atoms with Crippen LogP contribution in [-0.2, 0) is 0 Å². The third-order valence-corrected chi connectivity index (χ3v) is 1.14. The lowest BCUT2D eigenvalue weighted by atomic mass is 10.4. The first kappa shape index (κ1) is 11.2. The summed E-state index contributed by atoms with van der Waals surface area (Å²) >= 11 is 0. The van der Waals surface area contributed by atoms with Gasteiger partial charge in [-0.25, -0.2) is 4.99 Å². The maximum Gasteiger partial charge on any atom is 0.129 e. The predicted molar refractivity (Wildman–Crippen MR) is 57.7 cm³/mol. The monoisotopic (exact) mass is 178 g/mol. The first-order valence-corrected chi connectivity index (χ1v) is 3.70. The second kappa shape index (κ2) is 6.84. The van der Waals surface area contributed by atoms with Crippen molar-refractivity contribution in [2.45, 2.75) is 0 Å². The maximum absolute atomic E-state index is 5.33. The fourth-order valence-corrected chi connectivity index (χ4v) is 0.638. The fourth-order valence-electron chi connectivity index (χ4n) is 0.638. The van der Waals surface area contributed by atoms with Crippen molar-refractivity contribution >= 4 is 12.1 Å². The van der Waals surface area contributed by atoms with Crippen LogP contribution in [-0.4, -0.2) is 19.1 Å². The molecule has 0 atom stereocenters. The average Bonchev–Trinajstić information content (AvgIpc) is 2.16. The number of nitrogens with zero attached hydrogens (tertiary/aromatic N) is 2. The summed E-state index contributed by atoms with van der Waals surface area (Å²) < 4.78 is 0. The smallest absolute Gasteiger partial charge is 0.129 e. The molecule has 13 heavy (non-hydrogen) atoms. The van der Waals surface area contributed by atoms with Gasteiger partial charge in [-0.1, -0.05) is 13.2 Å². The van der Waals surface area contributed by atoms with Gasteiger partial charge in [0.2, 0.25) is 0 Å². The number of hydrogen-bond acceptors (Lipinski definition) is 3. The molecule has 3 N–H and O–H groups in total. The molecule has 0 unspecified atom stereocenters. The highest BCUT2D eigenvalue weighted by atomic mass is 15.0. The van der Waals surface area contributed by atoms with Crippen LogP contribution in [0, 0.1) is 0 Å². The van der Waals surface area contributed by atoms with Crippen LogP contribution in [0.15, 0.2) is 47.3 Å². The molecule has 0 amide bonds. The van der Waals surface area contributed by atoms with Crippen molar-refractivity contribution in [3.8, 4) is 0 Å². The third-order valence-electron chi connectivity index (χ3n) is 1.14. The lowest BCUT2D eigenvalue weighted by molar-refractivity contribution is 1.19. The second-order valence-electron chi connectivity index (χ2n) is 2.04. The quantitative estimate of drug-likeness (QED) is 0.494. The van der Waals surface area contributed by atoms with Gasteiger partial charge in [-0.15, -0.1) is 0 Å². The van der Waals surface area contributed by atoms with Crippen molar-refractivity contribution in [1.29, 1.82) is 0 Å². The van der Waals surface area contributed by atoms with Crippen LogP contribution in [0.25, 0.3) is 0 Å². The fraction of sp³-hybridized carbons (Fsp3) is 0.111. The number of allylic oxidation sites excluding steroid dienone is 1. The Morgan fingerprint density at radius 3 is 2.54 bits per heavy atom. The molecule has 0 radical (unpaired) electrons. The predicted octanol–water partition coefficient (Wildman–Crippen LogP) is 0.805. The molecule has 70 valence electrons. The van der Waals surface area contributed by atoms with E-state index in [1.165, 1.54) is 12.4 Å². The number of rotatable bonds is 4. The molecule has 0 aliphatic heterocycles. The minimum absolute atomic E-state index is 0.576. The summed E-state index contributed by atoms with van der Waals surface area (Å²) in [5.74, 6) is 0.576. The summed E-state index contributed by atoms with van der Waals surface area (Å²) in [6.07, 6.45) is 5.97. The standard InChI is InChI=1S/C9H14N4/c1-4-9(12-5-2)13-8(6-10)7-11-3/h4-7H,1-2,10H2,3H3,(H,12,13)/b8-6+,11-7?. The minimum atomic E-state index is 0.576. The molecule has 0 rings (SSSR count). The van der Waals surface area contributed by atoms with Gasteiger partial charge >= 0.3 is 0 Å². The van der Waals surface area contributed by atoms with Crippen molar-refractivity contribution in [2.75, 3.05) is 7.05 Å². The summed E-state index contributed by atoms with van der Waals surface area (Å²) in [6, 6.07) is 0. The van der Waals surface area contributed by atoms with Crippen LogP contribution in [0.4, 0.5) is 0 Å². The third kappa shape index (κ3) is 4.58. The molecule has 0 aliphatic rings. The van der Waals surface area contributed by atoms with Crippen LogP contribution in [0.2, 0.25) is 0 Å². The lowest BCUT2D eigenvalue weighted by Gasteiger charge is -2.03. The summed E-state index contributed by atoms with van der Waals surface area (Å²) in [5.41, 5.74) is 5.98. The Hall–Kier alpha value is -1.84. The Balaban J connectivity index is 4.46. The Bertz CT molecular complexity index is 261. The van der Waals surface area contributed by atoms with Gasteiger partial charge in [-0.05, 0) is 6.08 Å². The zero-order chi connectivity index (χ0) is 10.1. The highest BCUT2D eigenvalue weighted by Crippen LogP contribution is 1.85. The summed E-state index contributed by atoms with van der Waals surface area (Å²) in [5, 5.41) is 2.90. The van der Waals surface area contributed by atoms with Gasteiger partial charge in [0, 0.05) is 25.7 Å². The normalized spacial score (nSPS) is 13.0. The van der Waals surface area contributed by atoms with Gasteiger partial charge in [0.25, 0.3) is 0 Å². The van der Waals surface area contributed by atoms with E-state index < -0.39 is 0 Å². The van der Waals surface area contributed by atoms with Crippen LogP contribution >= 0.6 is 0 Å². The van der Waals surface area contributed by atoms with Crippen molar-refractivity contribution < 1.29 is 0 Å². The molecule has 0 bridgehead atoms. The van der Waals surface area contributed by atoms with Crippen LogP contribution in [0.5, 0.6) is 0 Å². The summed E-state index contributed by atoms with van der Waals surface area (Å²) in [7, 11) is 1.66. The van der Waals surface area contributed by atoms with Gasteiger partial charge in [0.15, 0.2) is 0 Å². The molecule has 0 aromatic rings. The molecule has 0 spiro atoms. The van der Waals surface area contributed by atoms with Crippen LogP contribution in [0.1, 0.15) is 0 Å². The molecule has 0 aromatic heterocycles. The summed E-state index contributed by atoms with van der Waals surface area (Å²) in [6.45, 7) is 7.04. The Morgan fingerprint density at radius 2 is 2.15 bits per heavy atom. The highest BCUT2D eigenvalue weighted by Gasteiger charge is 1.93. The van der Waals surface area contributed by atoms with Gasteiger partial charge < -0.3 is 11.1 Å². The van der Waals surface area contributed by atoms with Crippen LogP contribution in [0.3, 0.4) is 0 Å². The van der Waals surface area contributed by atoms with E-state index in [0.29, 0.717) is 11.5 Å². The largest absolute Gasteiger partial charge is 0.403 e. The zero-order valence-corrected chi connectivity index (χ0v) is 7.70. The number of amidine groups is 1. The first-order valence-electron chi connectivity index (χ1n) is 3.70. The van der Waals surface area contributed by atoms with Crippen molar-refractivity contribution in [3.05, 3.63) is 37.3 Å². The van der Waals surface area contributed by atoms with Gasteiger partial charge in [-0.2, -0.15) is 0 Å². The highest BCUT2D eigenvalue weighted by molar-refractivity contribution is 5.97. The van der Waals surface area contributed by atoms with Crippen molar-refractivity contribution in [2.24, 2.45) is 15.7 Å². The molecule has 0 saturated carbocycles. The van der Waals surface area contributed by atoms with E-state index in [9.17, 15) is 0 Å². The SMILES string of the molecule is C=CN=C(C=C)N/C(C=NC)=C/N. The molecular weight excluding hydrogens is 164 g/mol. The van der Waals surface area contributed by atoms with E-state index in [2.05, 4.69) is 28.5 Å². The molecule has 0 aliphatic carbocycles. The molecule has 0 saturated heterocycles. The number of hydrogen-bond donors (Lipinski definition) is 2. The number of nitrogens with one attached hydrogen (secondary N) is 1. The van der Waals surface area contributed by atoms with Crippen molar-refractivity contribution in [3.63, 3.8) is 0 Å². The molecular formula is C9H14N4. The Kier molecular flexibility index (Phi) is 5.88. The zero-order valence-electron chi connectivity index (χ0n) is 7.70. The van der Waals surface area contributed by atoms with Gasteiger partial charge in [0.1, 0.15) is 5.84 Å². The average molecular weight is 178 g/mol. The van der Waals surface area contributed by atoms with E-state index in [-0.39, 0.29) is 0 Å². The topological polar surface area (TPSA) is 62.8 Å². The van der Waals surface area contributed by atoms with E-state index in [1.54, 1.807) is 19.3 Å². The first-order chi connectivity index (χ1) is 6.28. The molecule has 0 heterocycles. The van der Waals surface area contributed by atoms with Gasteiger partial charge in [0.05, 0.1) is 5.70 Å². The Morgan fingerprint density at radius 1 is 1.46 bits per heavy atom.